The van der Waals surface area contributed by atoms with Crippen molar-refractivity contribution in [3.63, 3.8) is 0 Å². The van der Waals surface area contributed by atoms with Gasteiger partial charge in [-0.2, -0.15) is 0 Å². The number of nitrogens with one attached hydrogen (secondary N) is 2. The third-order valence-corrected chi connectivity index (χ3v) is 4.47. The Morgan fingerprint density at radius 2 is 2.04 bits per heavy atom. The van der Waals surface area contributed by atoms with Crippen LogP contribution in [0.2, 0.25) is 0 Å². The minimum absolute atomic E-state index is 0.284. The van der Waals surface area contributed by atoms with Gasteiger partial charge < -0.3 is 4.98 Å². The molecule has 0 radical (unpaired) electrons. The van der Waals surface area contributed by atoms with E-state index >= 15 is 0 Å². The number of hydrogen-bond acceptors (Lipinski definition) is 3. The van der Waals surface area contributed by atoms with E-state index in [1.54, 1.807) is 0 Å². The lowest BCUT2D eigenvalue weighted by molar-refractivity contribution is 0.587. The molecule has 0 amide bonds. The molecule has 0 unspecified atom stereocenters. The summed E-state index contributed by atoms with van der Waals surface area (Å²) in [6, 6.07) is 9.95. The fourth-order valence-corrected chi connectivity index (χ4v) is 3.01. The van der Waals surface area contributed by atoms with Crippen molar-refractivity contribution in [2.24, 2.45) is 0 Å². The number of sulfonamides is 1. The predicted octanol–water partition coefficient (Wildman–Crippen LogP) is 2.84. The van der Waals surface area contributed by atoms with Crippen LogP contribution in [-0.4, -0.2) is 24.6 Å². The van der Waals surface area contributed by atoms with Crippen molar-refractivity contribution in [2.75, 3.05) is 6.26 Å². The molecule has 3 aromatic rings. The van der Waals surface area contributed by atoms with Crippen molar-refractivity contribution in [3.8, 4) is 11.1 Å². The molecule has 0 bridgehead atoms. The van der Waals surface area contributed by atoms with Gasteiger partial charge in [0.1, 0.15) is 5.65 Å². The number of pyridine rings is 1. The minimum Gasteiger partial charge on any atom is -0.346 e. The summed E-state index contributed by atoms with van der Waals surface area (Å²) in [5.74, 6) is 0. The Kier molecular flexibility index (Phi) is 4.19. The van der Waals surface area contributed by atoms with Crippen molar-refractivity contribution >= 4 is 21.1 Å². The number of rotatable bonds is 5. The molecule has 5 nitrogen and oxygen atoms in total. The zero-order valence-electron chi connectivity index (χ0n) is 13.1. The lowest BCUT2D eigenvalue weighted by Crippen LogP contribution is -2.21. The molecule has 23 heavy (non-hydrogen) atoms. The minimum atomic E-state index is -3.20. The third kappa shape index (κ3) is 3.60. The normalized spacial score (nSPS) is 11.9. The van der Waals surface area contributed by atoms with Crippen LogP contribution in [0.1, 0.15) is 18.1 Å². The quantitative estimate of drug-likeness (QED) is 0.756. The Bertz CT molecular complexity index is 945. The molecule has 0 fully saturated rings. The molecule has 0 aliphatic rings. The number of aryl methyl sites for hydroxylation is 1. The van der Waals surface area contributed by atoms with Crippen LogP contribution in [0.15, 0.2) is 42.7 Å². The number of hydrogen-bond donors (Lipinski definition) is 2. The number of nitrogens with zero attached hydrogens (tertiary/aromatic N) is 1. The predicted molar refractivity (Wildman–Crippen MR) is 92.6 cm³/mol. The van der Waals surface area contributed by atoms with Crippen molar-refractivity contribution in [1.82, 2.24) is 14.7 Å². The van der Waals surface area contributed by atoms with Gasteiger partial charge in [0, 0.05) is 29.9 Å². The molecule has 3 rings (SSSR count). The molecular weight excluding hydrogens is 310 g/mol. The summed E-state index contributed by atoms with van der Waals surface area (Å²) in [6.07, 6.45) is 5.94. The molecule has 1 aromatic carbocycles. The second kappa shape index (κ2) is 6.14. The highest BCUT2D eigenvalue weighted by Crippen LogP contribution is 2.25. The Hall–Kier alpha value is -2.18. The summed E-state index contributed by atoms with van der Waals surface area (Å²) in [4.78, 5) is 7.65. The molecular formula is C17H19N3O2S. The van der Waals surface area contributed by atoms with Gasteiger partial charge in [0.15, 0.2) is 0 Å². The standard InChI is InChI=1S/C17H19N3O2S/c1-3-13-10-18-17-16(13)8-15(11-19-17)14-6-4-5-12(7-14)9-20-23(2,21)22/h4-8,10-11,20H,3,9H2,1-2H3,(H,18,19). The van der Waals surface area contributed by atoms with E-state index in [9.17, 15) is 8.42 Å². The van der Waals surface area contributed by atoms with E-state index in [1.807, 2.05) is 36.7 Å². The number of benzene rings is 1. The van der Waals surface area contributed by atoms with Gasteiger partial charge in [-0.25, -0.2) is 18.1 Å². The number of aromatic amines is 1. The van der Waals surface area contributed by atoms with Crippen molar-refractivity contribution in [1.29, 1.82) is 0 Å². The van der Waals surface area contributed by atoms with E-state index in [0.29, 0.717) is 0 Å². The summed E-state index contributed by atoms with van der Waals surface area (Å²) in [5, 5.41) is 1.13. The maximum atomic E-state index is 11.2. The van der Waals surface area contributed by atoms with E-state index in [-0.39, 0.29) is 6.54 Å². The van der Waals surface area contributed by atoms with Gasteiger partial charge in [0.2, 0.25) is 10.0 Å². The van der Waals surface area contributed by atoms with E-state index in [1.165, 1.54) is 5.56 Å². The molecule has 2 aromatic heterocycles. The monoisotopic (exact) mass is 329 g/mol. The number of fused-ring (bicyclic) bond motifs is 1. The molecule has 0 atom stereocenters. The zero-order valence-corrected chi connectivity index (χ0v) is 13.9. The lowest BCUT2D eigenvalue weighted by Gasteiger charge is -2.07. The van der Waals surface area contributed by atoms with Crippen molar-refractivity contribution < 1.29 is 8.42 Å². The van der Waals surface area contributed by atoms with Crippen LogP contribution in [0.25, 0.3) is 22.2 Å². The molecule has 0 aliphatic heterocycles. The molecule has 2 heterocycles. The first-order valence-electron chi connectivity index (χ1n) is 7.46. The van der Waals surface area contributed by atoms with Gasteiger partial charge in [-0.15, -0.1) is 0 Å². The van der Waals surface area contributed by atoms with Crippen LogP contribution in [0, 0.1) is 0 Å². The largest absolute Gasteiger partial charge is 0.346 e. The van der Waals surface area contributed by atoms with E-state index in [0.717, 1.165) is 40.4 Å². The van der Waals surface area contributed by atoms with Crippen molar-refractivity contribution in [3.05, 3.63) is 53.9 Å². The molecule has 0 saturated carbocycles. The summed E-state index contributed by atoms with van der Waals surface area (Å²) in [7, 11) is -3.20. The number of H-pyrrole nitrogens is 1. The smallest absolute Gasteiger partial charge is 0.209 e. The summed E-state index contributed by atoms with van der Waals surface area (Å²) in [6.45, 7) is 2.40. The van der Waals surface area contributed by atoms with Gasteiger partial charge in [0.25, 0.3) is 0 Å². The average molecular weight is 329 g/mol. The van der Waals surface area contributed by atoms with E-state index in [2.05, 4.69) is 27.7 Å². The second-order valence-electron chi connectivity index (χ2n) is 5.58. The summed E-state index contributed by atoms with van der Waals surface area (Å²) >= 11 is 0. The molecule has 0 aliphatic carbocycles. The maximum Gasteiger partial charge on any atom is 0.209 e. The van der Waals surface area contributed by atoms with Crippen LogP contribution in [0.4, 0.5) is 0 Å². The average Bonchev–Trinajstić information content (AvgIpc) is 2.95. The zero-order chi connectivity index (χ0) is 16.4. The molecule has 6 heteroatoms. The van der Waals surface area contributed by atoms with Crippen molar-refractivity contribution in [2.45, 2.75) is 19.9 Å². The highest BCUT2D eigenvalue weighted by Gasteiger charge is 2.07. The fraction of sp³-hybridized carbons (Fsp3) is 0.235. The third-order valence-electron chi connectivity index (χ3n) is 3.80. The fourth-order valence-electron chi connectivity index (χ4n) is 2.58. The highest BCUT2D eigenvalue weighted by atomic mass is 32.2. The number of aromatic nitrogens is 2. The first-order valence-corrected chi connectivity index (χ1v) is 9.35. The maximum absolute atomic E-state index is 11.2. The molecule has 0 saturated heterocycles. The lowest BCUT2D eigenvalue weighted by atomic mass is 10.0. The van der Waals surface area contributed by atoms with E-state index < -0.39 is 10.0 Å². The molecule has 120 valence electrons. The van der Waals surface area contributed by atoms with Crippen LogP contribution < -0.4 is 4.72 Å². The van der Waals surface area contributed by atoms with Gasteiger partial charge in [-0.05, 0) is 35.2 Å². The Morgan fingerprint density at radius 3 is 2.78 bits per heavy atom. The van der Waals surface area contributed by atoms with Gasteiger partial charge in [-0.1, -0.05) is 25.1 Å². The van der Waals surface area contributed by atoms with Crippen LogP contribution in [0.5, 0.6) is 0 Å². The first kappa shape index (κ1) is 15.7. The summed E-state index contributed by atoms with van der Waals surface area (Å²) in [5.41, 5.74) is 5.09. The Labute approximate surface area is 135 Å². The first-order chi connectivity index (χ1) is 11.0. The SMILES string of the molecule is CCc1c[nH]c2ncc(-c3cccc(CNS(C)(=O)=O)c3)cc12. The Balaban J connectivity index is 1.95. The van der Waals surface area contributed by atoms with Crippen LogP contribution >= 0.6 is 0 Å². The molecule has 0 spiro atoms. The highest BCUT2D eigenvalue weighted by molar-refractivity contribution is 7.88. The Morgan fingerprint density at radius 1 is 1.22 bits per heavy atom. The summed E-state index contributed by atoms with van der Waals surface area (Å²) < 4.78 is 25.0. The van der Waals surface area contributed by atoms with Gasteiger partial charge >= 0.3 is 0 Å². The topological polar surface area (TPSA) is 74.8 Å². The van der Waals surface area contributed by atoms with Crippen LogP contribution in [0.3, 0.4) is 0 Å². The molecule has 2 N–H and O–H groups in total. The second-order valence-corrected chi connectivity index (χ2v) is 7.41. The van der Waals surface area contributed by atoms with Gasteiger partial charge in [0.05, 0.1) is 6.26 Å². The van der Waals surface area contributed by atoms with Gasteiger partial charge in [-0.3, -0.25) is 0 Å². The van der Waals surface area contributed by atoms with E-state index in [4.69, 9.17) is 0 Å². The van der Waals surface area contributed by atoms with Crippen LogP contribution in [-0.2, 0) is 23.0 Å².